The van der Waals surface area contributed by atoms with Crippen LogP contribution in [0.4, 0.5) is 15.9 Å². The Bertz CT molecular complexity index is 620. The number of nitrogens with one attached hydrogen (secondary N) is 2. The van der Waals surface area contributed by atoms with Crippen LogP contribution in [0.3, 0.4) is 0 Å². The summed E-state index contributed by atoms with van der Waals surface area (Å²) >= 11 is 0. The van der Waals surface area contributed by atoms with Crippen LogP contribution in [0.15, 0.2) is 30.7 Å². The van der Waals surface area contributed by atoms with Gasteiger partial charge in [-0.2, -0.15) is 0 Å². The molecular formula is C16H21FN4. The number of rotatable bonds is 4. The van der Waals surface area contributed by atoms with Gasteiger partial charge in [0.1, 0.15) is 0 Å². The van der Waals surface area contributed by atoms with Crippen LogP contribution < -0.4 is 10.6 Å². The molecule has 2 aromatic rings. The van der Waals surface area contributed by atoms with E-state index in [9.17, 15) is 4.39 Å². The molecule has 5 heteroatoms. The van der Waals surface area contributed by atoms with E-state index in [1.807, 2.05) is 33.8 Å². The summed E-state index contributed by atoms with van der Waals surface area (Å²) in [4.78, 5) is 8.14. The molecule has 0 radical (unpaired) electrons. The van der Waals surface area contributed by atoms with E-state index in [0.29, 0.717) is 12.1 Å². The second-order valence-corrected chi connectivity index (χ2v) is 6.11. The van der Waals surface area contributed by atoms with Crippen LogP contribution in [-0.4, -0.2) is 15.5 Å². The van der Waals surface area contributed by atoms with Gasteiger partial charge in [0.2, 0.25) is 0 Å². The Kier molecular flexibility index (Phi) is 4.53. The van der Waals surface area contributed by atoms with Gasteiger partial charge in [0.25, 0.3) is 0 Å². The fraction of sp³-hybridized carbons (Fsp3) is 0.375. The summed E-state index contributed by atoms with van der Waals surface area (Å²) in [5.74, 6) is -0.119. The lowest BCUT2D eigenvalue weighted by Gasteiger charge is -2.21. The quantitative estimate of drug-likeness (QED) is 0.903. The Morgan fingerprint density at radius 3 is 2.67 bits per heavy atom. The second kappa shape index (κ2) is 6.18. The average Bonchev–Trinajstić information content (AvgIpc) is 2.39. The molecule has 21 heavy (non-hydrogen) atoms. The monoisotopic (exact) mass is 288 g/mol. The van der Waals surface area contributed by atoms with Crippen molar-refractivity contribution in [2.24, 2.45) is 0 Å². The summed E-state index contributed by atoms with van der Waals surface area (Å²) in [6.07, 6.45) is 5.00. The molecule has 0 amide bonds. The summed E-state index contributed by atoms with van der Waals surface area (Å²) in [7, 11) is 0. The molecule has 0 atom stereocenters. The molecule has 0 spiro atoms. The molecule has 0 aliphatic heterocycles. The van der Waals surface area contributed by atoms with Crippen LogP contribution in [0, 0.1) is 12.7 Å². The molecule has 0 aliphatic carbocycles. The van der Waals surface area contributed by atoms with Gasteiger partial charge in [0, 0.05) is 30.0 Å². The van der Waals surface area contributed by atoms with Crippen molar-refractivity contribution in [1.29, 1.82) is 0 Å². The fourth-order valence-electron chi connectivity index (χ4n) is 1.83. The maximum Gasteiger partial charge on any atom is 0.170 e. The predicted octanol–water partition coefficient (Wildman–Crippen LogP) is 3.56. The lowest BCUT2D eigenvalue weighted by molar-refractivity contribution is 0.418. The van der Waals surface area contributed by atoms with Crippen molar-refractivity contribution in [2.45, 2.75) is 39.8 Å². The molecule has 0 aliphatic rings. The summed E-state index contributed by atoms with van der Waals surface area (Å²) in [6.45, 7) is 8.53. The molecule has 2 aromatic heterocycles. The number of pyridine rings is 2. The molecule has 0 saturated heterocycles. The van der Waals surface area contributed by atoms with Crippen LogP contribution in [0.2, 0.25) is 0 Å². The SMILES string of the molecule is Cc1cncc(Nc2nccc(CNC(C)(C)C)c2F)c1. The van der Waals surface area contributed by atoms with E-state index in [0.717, 1.165) is 11.3 Å². The minimum Gasteiger partial charge on any atom is -0.337 e. The number of aryl methyl sites for hydroxylation is 1. The molecule has 0 fully saturated rings. The molecule has 2 rings (SSSR count). The third-order valence-electron chi connectivity index (χ3n) is 2.92. The van der Waals surface area contributed by atoms with Gasteiger partial charge < -0.3 is 10.6 Å². The number of hydrogen-bond donors (Lipinski definition) is 2. The number of nitrogens with zero attached hydrogens (tertiary/aromatic N) is 2. The molecule has 0 bridgehead atoms. The van der Waals surface area contributed by atoms with Crippen LogP contribution in [0.25, 0.3) is 0 Å². The standard InChI is InChI=1S/C16H21FN4/c1-11-7-13(10-18-8-11)21-15-14(17)12(5-6-19-15)9-20-16(2,3)4/h5-8,10,20H,9H2,1-4H3,(H,19,21). The van der Waals surface area contributed by atoms with Crippen molar-refractivity contribution in [3.63, 3.8) is 0 Å². The minimum atomic E-state index is -0.337. The molecule has 0 unspecified atom stereocenters. The van der Waals surface area contributed by atoms with Gasteiger partial charge >= 0.3 is 0 Å². The fourth-order valence-corrected chi connectivity index (χ4v) is 1.83. The van der Waals surface area contributed by atoms with E-state index in [-0.39, 0.29) is 17.2 Å². The van der Waals surface area contributed by atoms with Crippen LogP contribution in [0.5, 0.6) is 0 Å². The maximum atomic E-state index is 14.4. The molecule has 0 saturated carbocycles. The first-order valence-corrected chi connectivity index (χ1v) is 6.92. The summed E-state index contributed by atoms with van der Waals surface area (Å²) in [5, 5.41) is 6.25. The largest absolute Gasteiger partial charge is 0.337 e. The zero-order valence-corrected chi connectivity index (χ0v) is 12.9. The van der Waals surface area contributed by atoms with Crippen molar-refractivity contribution >= 4 is 11.5 Å². The van der Waals surface area contributed by atoms with E-state index in [1.54, 1.807) is 24.7 Å². The molecular weight excluding hydrogens is 267 g/mol. The van der Waals surface area contributed by atoms with Crippen molar-refractivity contribution < 1.29 is 4.39 Å². The topological polar surface area (TPSA) is 49.8 Å². The maximum absolute atomic E-state index is 14.4. The summed E-state index contributed by atoms with van der Waals surface area (Å²) in [6, 6.07) is 3.59. The molecule has 112 valence electrons. The van der Waals surface area contributed by atoms with E-state index >= 15 is 0 Å². The summed E-state index contributed by atoms with van der Waals surface area (Å²) in [5.41, 5.74) is 2.25. The van der Waals surface area contributed by atoms with E-state index < -0.39 is 0 Å². The van der Waals surface area contributed by atoms with Crippen LogP contribution in [0.1, 0.15) is 31.9 Å². The normalized spacial score (nSPS) is 11.5. The zero-order chi connectivity index (χ0) is 15.5. The van der Waals surface area contributed by atoms with Gasteiger partial charge in [-0.1, -0.05) is 0 Å². The summed E-state index contributed by atoms with van der Waals surface area (Å²) < 4.78 is 14.4. The lowest BCUT2D eigenvalue weighted by Crippen LogP contribution is -2.35. The Balaban J connectivity index is 2.17. The van der Waals surface area contributed by atoms with E-state index in [1.165, 1.54) is 0 Å². The van der Waals surface area contributed by atoms with Gasteiger partial charge in [-0.15, -0.1) is 0 Å². The number of anilines is 2. The average molecular weight is 288 g/mol. The third-order valence-corrected chi connectivity index (χ3v) is 2.92. The smallest absolute Gasteiger partial charge is 0.170 e. The highest BCUT2D eigenvalue weighted by Gasteiger charge is 2.13. The Labute approximate surface area is 124 Å². The molecule has 2 heterocycles. The highest BCUT2D eigenvalue weighted by atomic mass is 19.1. The lowest BCUT2D eigenvalue weighted by atomic mass is 10.1. The molecule has 0 aromatic carbocycles. The first-order valence-electron chi connectivity index (χ1n) is 6.92. The van der Waals surface area contributed by atoms with E-state index in [4.69, 9.17) is 0 Å². The van der Waals surface area contributed by atoms with E-state index in [2.05, 4.69) is 20.6 Å². The second-order valence-electron chi connectivity index (χ2n) is 6.11. The van der Waals surface area contributed by atoms with Crippen molar-refractivity contribution in [3.8, 4) is 0 Å². The highest BCUT2D eigenvalue weighted by Crippen LogP contribution is 2.20. The first kappa shape index (κ1) is 15.4. The van der Waals surface area contributed by atoms with Gasteiger partial charge in [0.15, 0.2) is 11.6 Å². The van der Waals surface area contributed by atoms with Gasteiger partial charge in [-0.05, 0) is 45.4 Å². The third kappa shape index (κ3) is 4.49. The number of aromatic nitrogens is 2. The van der Waals surface area contributed by atoms with Gasteiger partial charge in [0.05, 0.1) is 11.9 Å². The van der Waals surface area contributed by atoms with Crippen molar-refractivity contribution in [3.05, 3.63) is 47.7 Å². The molecule has 2 N–H and O–H groups in total. The zero-order valence-electron chi connectivity index (χ0n) is 12.9. The van der Waals surface area contributed by atoms with Crippen LogP contribution >= 0.6 is 0 Å². The van der Waals surface area contributed by atoms with Crippen LogP contribution in [-0.2, 0) is 6.54 Å². The van der Waals surface area contributed by atoms with Crippen molar-refractivity contribution in [2.75, 3.05) is 5.32 Å². The minimum absolute atomic E-state index is 0.0657. The predicted molar refractivity (Wildman–Crippen MR) is 83.0 cm³/mol. The van der Waals surface area contributed by atoms with Gasteiger partial charge in [-0.25, -0.2) is 9.37 Å². The molecule has 4 nitrogen and oxygen atoms in total. The Morgan fingerprint density at radius 2 is 2.00 bits per heavy atom. The van der Waals surface area contributed by atoms with Gasteiger partial charge in [-0.3, -0.25) is 4.98 Å². The Hall–Kier alpha value is -2.01. The highest BCUT2D eigenvalue weighted by molar-refractivity contribution is 5.56. The Morgan fingerprint density at radius 1 is 1.24 bits per heavy atom. The number of hydrogen-bond acceptors (Lipinski definition) is 4. The number of halogens is 1. The van der Waals surface area contributed by atoms with Crippen molar-refractivity contribution in [1.82, 2.24) is 15.3 Å². The first-order chi connectivity index (χ1) is 9.85.